The maximum absolute atomic E-state index is 11.0. The molecule has 0 aliphatic carbocycles. The van der Waals surface area contributed by atoms with Gasteiger partial charge in [-0.15, -0.1) is 0 Å². The number of hydrogen-bond donors (Lipinski definition) is 2. The first kappa shape index (κ1) is 14.3. The first-order valence-electron chi connectivity index (χ1n) is 6.67. The Bertz CT molecular complexity index is 511. The minimum absolute atomic E-state index is 0.102. The molecule has 2 atom stereocenters. The summed E-state index contributed by atoms with van der Waals surface area (Å²) in [5.41, 5.74) is 5.45. The van der Waals surface area contributed by atoms with E-state index in [1.165, 1.54) is 0 Å². The summed E-state index contributed by atoms with van der Waals surface area (Å²) in [6.07, 6.45) is 1.16. The molecule has 110 valence electrons. The van der Waals surface area contributed by atoms with Gasteiger partial charge in [0.05, 0.1) is 4.92 Å². The standard InChI is InChI=1S/C12H20N6O2/c1-7-4-8(2)6-17(5-7)12-15-10(13)9(18(19)20)11(14-3)16-12/h7-8H,4-6H2,1-3H3,(H3,13,14,15,16). The largest absolute Gasteiger partial charge is 0.378 e. The third-order valence-corrected chi connectivity index (χ3v) is 3.47. The van der Waals surface area contributed by atoms with Crippen molar-refractivity contribution in [2.45, 2.75) is 20.3 Å². The number of hydrogen-bond acceptors (Lipinski definition) is 7. The number of anilines is 3. The van der Waals surface area contributed by atoms with Crippen molar-refractivity contribution in [2.75, 3.05) is 36.1 Å². The molecule has 1 aromatic heterocycles. The third-order valence-electron chi connectivity index (χ3n) is 3.47. The van der Waals surface area contributed by atoms with E-state index < -0.39 is 4.92 Å². The molecular weight excluding hydrogens is 260 g/mol. The lowest BCUT2D eigenvalue weighted by atomic mass is 9.92. The van der Waals surface area contributed by atoms with Crippen LogP contribution in [0, 0.1) is 22.0 Å². The second-order valence-corrected chi connectivity index (χ2v) is 5.46. The van der Waals surface area contributed by atoms with Crippen LogP contribution in [0.2, 0.25) is 0 Å². The number of rotatable bonds is 3. The highest BCUT2D eigenvalue weighted by Gasteiger charge is 2.28. The summed E-state index contributed by atoms with van der Waals surface area (Å²) in [7, 11) is 1.58. The Hall–Kier alpha value is -2.12. The predicted octanol–water partition coefficient (Wildman–Crippen LogP) is 1.49. The topological polar surface area (TPSA) is 110 Å². The van der Waals surface area contributed by atoms with E-state index in [2.05, 4.69) is 29.1 Å². The van der Waals surface area contributed by atoms with Gasteiger partial charge < -0.3 is 16.0 Å². The molecule has 1 fully saturated rings. The summed E-state index contributed by atoms with van der Waals surface area (Å²) in [6.45, 7) is 6.03. The minimum Gasteiger partial charge on any atom is -0.378 e. The molecule has 0 saturated carbocycles. The third kappa shape index (κ3) is 2.73. The SMILES string of the molecule is CNc1nc(N2CC(C)CC(C)C2)nc(N)c1[N+](=O)[O-]. The van der Waals surface area contributed by atoms with E-state index in [9.17, 15) is 10.1 Å². The van der Waals surface area contributed by atoms with Crippen LogP contribution in [0.3, 0.4) is 0 Å². The van der Waals surface area contributed by atoms with Gasteiger partial charge in [-0.05, 0) is 18.3 Å². The molecule has 1 aliphatic rings. The average molecular weight is 280 g/mol. The van der Waals surface area contributed by atoms with Crippen molar-refractivity contribution in [2.24, 2.45) is 11.8 Å². The molecule has 1 saturated heterocycles. The Labute approximate surface area is 117 Å². The molecule has 8 nitrogen and oxygen atoms in total. The molecule has 0 amide bonds. The summed E-state index contributed by atoms with van der Waals surface area (Å²) < 4.78 is 0. The lowest BCUT2D eigenvalue weighted by molar-refractivity contribution is -0.383. The van der Waals surface area contributed by atoms with Crippen LogP contribution in [-0.2, 0) is 0 Å². The van der Waals surface area contributed by atoms with E-state index in [1.807, 2.05) is 4.90 Å². The van der Waals surface area contributed by atoms with Gasteiger partial charge in [-0.2, -0.15) is 9.97 Å². The number of nitrogen functional groups attached to an aromatic ring is 1. The molecular formula is C12H20N6O2. The highest BCUT2D eigenvalue weighted by Crippen LogP contribution is 2.31. The van der Waals surface area contributed by atoms with Gasteiger partial charge in [0.25, 0.3) is 0 Å². The number of nitro groups is 1. The Morgan fingerprint density at radius 1 is 1.35 bits per heavy atom. The average Bonchev–Trinajstić information content (AvgIpc) is 2.35. The zero-order valence-electron chi connectivity index (χ0n) is 12.0. The number of nitrogens with two attached hydrogens (primary N) is 1. The quantitative estimate of drug-likeness (QED) is 0.637. The molecule has 3 N–H and O–H groups in total. The number of aromatic nitrogens is 2. The second kappa shape index (κ2) is 5.48. The van der Waals surface area contributed by atoms with Crippen molar-refractivity contribution >= 4 is 23.3 Å². The van der Waals surface area contributed by atoms with Crippen LogP contribution in [0.25, 0.3) is 0 Å². The molecule has 0 radical (unpaired) electrons. The van der Waals surface area contributed by atoms with Crippen LogP contribution < -0.4 is 16.0 Å². The molecule has 8 heteroatoms. The number of nitrogens with zero attached hydrogens (tertiary/aromatic N) is 4. The zero-order valence-corrected chi connectivity index (χ0v) is 12.0. The Morgan fingerprint density at radius 2 is 1.95 bits per heavy atom. The van der Waals surface area contributed by atoms with Crippen LogP contribution in [0.4, 0.5) is 23.3 Å². The lowest BCUT2D eigenvalue weighted by Gasteiger charge is -2.35. The fraction of sp³-hybridized carbons (Fsp3) is 0.667. The van der Waals surface area contributed by atoms with Crippen LogP contribution in [0.1, 0.15) is 20.3 Å². The summed E-state index contributed by atoms with van der Waals surface area (Å²) in [4.78, 5) is 20.8. The fourth-order valence-corrected chi connectivity index (χ4v) is 2.78. The molecule has 0 spiro atoms. The van der Waals surface area contributed by atoms with Crippen LogP contribution in [-0.4, -0.2) is 35.0 Å². The molecule has 1 aliphatic heterocycles. The summed E-state index contributed by atoms with van der Waals surface area (Å²) in [5, 5.41) is 13.7. The number of piperidine rings is 1. The molecule has 0 aromatic carbocycles. The van der Waals surface area contributed by atoms with Gasteiger partial charge in [-0.25, -0.2) is 0 Å². The van der Waals surface area contributed by atoms with E-state index in [1.54, 1.807) is 7.05 Å². The van der Waals surface area contributed by atoms with Crippen molar-refractivity contribution < 1.29 is 4.92 Å². The normalized spacial score (nSPS) is 22.6. The molecule has 0 bridgehead atoms. The first-order chi connectivity index (χ1) is 9.42. The maximum Gasteiger partial charge on any atom is 0.353 e. The fourth-order valence-electron chi connectivity index (χ4n) is 2.78. The molecule has 1 aromatic rings. The van der Waals surface area contributed by atoms with Gasteiger partial charge >= 0.3 is 5.69 Å². The molecule has 2 unspecified atom stereocenters. The van der Waals surface area contributed by atoms with Gasteiger partial charge in [-0.3, -0.25) is 10.1 Å². The maximum atomic E-state index is 11.0. The zero-order chi connectivity index (χ0) is 14.9. The number of nitrogens with one attached hydrogen (secondary N) is 1. The van der Waals surface area contributed by atoms with Crippen molar-refractivity contribution in [3.63, 3.8) is 0 Å². The lowest BCUT2D eigenvalue weighted by Crippen LogP contribution is -2.39. The Balaban J connectivity index is 2.38. The van der Waals surface area contributed by atoms with E-state index in [0.717, 1.165) is 19.5 Å². The van der Waals surface area contributed by atoms with Crippen LogP contribution in [0.5, 0.6) is 0 Å². The highest BCUT2D eigenvalue weighted by molar-refractivity contribution is 5.69. The molecule has 2 heterocycles. The van der Waals surface area contributed by atoms with Gasteiger partial charge in [0.1, 0.15) is 0 Å². The smallest absolute Gasteiger partial charge is 0.353 e. The Kier molecular flexibility index (Phi) is 3.91. The molecule has 2 rings (SSSR count). The van der Waals surface area contributed by atoms with Gasteiger partial charge in [-0.1, -0.05) is 13.8 Å². The second-order valence-electron chi connectivity index (χ2n) is 5.46. The summed E-state index contributed by atoms with van der Waals surface area (Å²) in [6, 6.07) is 0. The molecule has 20 heavy (non-hydrogen) atoms. The van der Waals surface area contributed by atoms with E-state index in [-0.39, 0.29) is 17.3 Å². The summed E-state index contributed by atoms with van der Waals surface area (Å²) in [5.74, 6) is 1.59. The van der Waals surface area contributed by atoms with Gasteiger partial charge in [0.2, 0.25) is 17.6 Å². The Morgan fingerprint density at radius 3 is 2.45 bits per heavy atom. The van der Waals surface area contributed by atoms with Gasteiger partial charge in [0.15, 0.2) is 0 Å². The van der Waals surface area contributed by atoms with E-state index in [0.29, 0.717) is 17.8 Å². The minimum atomic E-state index is -0.563. The van der Waals surface area contributed by atoms with Crippen molar-refractivity contribution in [1.29, 1.82) is 0 Å². The van der Waals surface area contributed by atoms with Crippen LogP contribution in [0.15, 0.2) is 0 Å². The summed E-state index contributed by atoms with van der Waals surface area (Å²) >= 11 is 0. The van der Waals surface area contributed by atoms with Crippen molar-refractivity contribution in [1.82, 2.24) is 9.97 Å². The van der Waals surface area contributed by atoms with Crippen molar-refractivity contribution in [3.8, 4) is 0 Å². The van der Waals surface area contributed by atoms with E-state index in [4.69, 9.17) is 5.73 Å². The first-order valence-corrected chi connectivity index (χ1v) is 6.67. The van der Waals surface area contributed by atoms with Gasteiger partial charge in [0, 0.05) is 20.1 Å². The van der Waals surface area contributed by atoms with Crippen molar-refractivity contribution in [3.05, 3.63) is 10.1 Å². The predicted molar refractivity (Wildman–Crippen MR) is 77.8 cm³/mol. The monoisotopic (exact) mass is 280 g/mol. The van der Waals surface area contributed by atoms with Crippen LogP contribution >= 0.6 is 0 Å². The highest BCUT2D eigenvalue weighted by atomic mass is 16.6. The van der Waals surface area contributed by atoms with E-state index >= 15 is 0 Å².